The summed E-state index contributed by atoms with van der Waals surface area (Å²) in [4.78, 5) is 64.0. The number of aromatic amines is 1. The number of nitrogens with one attached hydrogen (secondary N) is 5. The molecule has 1 saturated heterocycles. The van der Waals surface area contributed by atoms with Crippen LogP contribution in [0.1, 0.15) is 68.1 Å². The number of β-amino-alcohol motifs (C(OH)–C–C–N with tert-alkyl or cyclic N) is 1. The minimum absolute atomic E-state index is 0.0335. The van der Waals surface area contributed by atoms with Crippen molar-refractivity contribution in [1.29, 1.82) is 0 Å². The second kappa shape index (κ2) is 20.5. The third-order valence-electron chi connectivity index (χ3n) is 10.4. The average molecular weight is 937 g/mol. The normalized spacial score (nSPS) is 15.7. The number of carbonyl (C=O) groups excluding carboxylic acids is 4. The maximum Gasteiger partial charge on any atom is 0.355 e. The number of sulfonamides is 1. The quantitative estimate of drug-likeness (QED) is 0.0536. The zero-order valence-corrected chi connectivity index (χ0v) is 37.6. The highest BCUT2D eigenvalue weighted by atomic mass is 32.2. The van der Waals surface area contributed by atoms with E-state index in [9.17, 15) is 41.5 Å². The zero-order chi connectivity index (χ0) is 47.1. The van der Waals surface area contributed by atoms with E-state index in [1.807, 2.05) is 52.0 Å². The Morgan fingerprint density at radius 2 is 1.72 bits per heavy atom. The van der Waals surface area contributed by atoms with Gasteiger partial charge in [0, 0.05) is 37.2 Å². The van der Waals surface area contributed by atoms with Gasteiger partial charge in [-0.3, -0.25) is 29.0 Å². The summed E-state index contributed by atoms with van der Waals surface area (Å²) in [5.41, 5.74) is 9.99. The largest absolute Gasteiger partial charge is 0.492 e. The van der Waals surface area contributed by atoms with Gasteiger partial charge < -0.3 is 36.4 Å². The van der Waals surface area contributed by atoms with Gasteiger partial charge in [0.05, 0.1) is 40.7 Å². The number of nitrogens with two attached hydrogens (primary N) is 1. The first-order chi connectivity index (χ1) is 30.8. The lowest BCUT2D eigenvalue weighted by molar-refractivity contribution is -0.144. The third kappa shape index (κ3) is 12.2. The number of alkyl halides is 2. The van der Waals surface area contributed by atoms with Gasteiger partial charge >= 0.3 is 5.76 Å². The van der Waals surface area contributed by atoms with Crippen LogP contribution in [0.25, 0.3) is 21.7 Å². The summed E-state index contributed by atoms with van der Waals surface area (Å²) in [5.74, 6) is -4.89. The second-order valence-electron chi connectivity index (χ2n) is 16.4. The standard InChI is InChI=1S/C43H50F2N10O8S2/c1-24-36(64-23-49-24)27-10-8-25(9-11-27)20-48-40(59)31-19-29(56)22-55(31)41(60)37(43(2,3)4)51-33(57)7-5-6-18-63-30-16-17-32(47-21-30)50-39-34(38(46)58)35(52-53-39)26-12-14-28(15-13-26)54-65(61,62)42(44)45/h8-17,21,23,29,31,37,42,54,56H,5-7,18-20,22H2,1-4H3,(H2,46,58)(H,48,59)(H,51,57)(H2,47,50,52,53)/t29-,31+,37-/m1/s1. The highest BCUT2D eigenvalue weighted by Gasteiger charge is 2.44. The van der Waals surface area contributed by atoms with Crippen molar-refractivity contribution in [1.82, 2.24) is 35.7 Å². The van der Waals surface area contributed by atoms with Gasteiger partial charge in [-0.2, -0.15) is 13.9 Å². The van der Waals surface area contributed by atoms with Gasteiger partial charge in [0.2, 0.25) is 17.7 Å². The first-order valence-electron chi connectivity index (χ1n) is 20.5. The number of aromatic nitrogens is 4. The van der Waals surface area contributed by atoms with E-state index in [0.717, 1.165) is 21.7 Å². The number of carbonyl (C=O) groups is 4. The number of hydrogen-bond donors (Lipinski definition) is 7. The third-order valence-corrected chi connectivity index (χ3v) is 12.4. The number of anilines is 3. The molecule has 1 fully saturated rings. The number of H-pyrrole nitrogens is 1. The number of aliphatic hydroxyl groups excluding tert-OH is 1. The minimum atomic E-state index is -4.87. The summed E-state index contributed by atoms with van der Waals surface area (Å²) >= 11 is 1.56. The van der Waals surface area contributed by atoms with Crippen molar-refractivity contribution in [3.05, 3.63) is 89.2 Å². The average Bonchev–Trinajstić information content (AvgIpc) is 4.00. The lowest BCUT2D eigenvalue weighted by Gasteiger charge is -2.35. The lowest BCUT2D eigenvalue weighted by atomic mass is 9.85. The number of thiazole rings is 1. The van der Waals surface area contributed by atoms with Crippen LogP contribution in [-0.2, 0) is 31.0 Å². The van der Waals surface area contributed by atoms with Gasteiger partial charge in [-0.15, -0.1) is 11.3 Å². The molecule has 0 aliphatic carbocycles. The van der Waals surface area contributed by atoms with Crippen LogP contribution in [0.15, 0.2) is 72.4 Å². The Bertz CT molecular complexity index is 2580. The number of likely N-dealkylation sites (tertiary alicyclic amines) is 1. The highest BCUT2D eigenvalue weighted by molar-refractivity contribution is 7.93. The number of pyridine rings is 1. The van der Waals surface area contributed by atoms with Crippen LogP contribution < -0.4 is 31.1 Å². The number of halogens is 2. The van der Waals surface area contributed by atoms with Crippen molar-refractivity contribution < 1.29 is 46.2 Å². The predicted octanol–water partition coefficient (Wildman–Crippen LogP) is 5.07. The molecule has 0 spiro atoms. The van der Waals surface area contributed by atoms with Gasteiger partial charge in [-0.05, 0) is 60.6 Å². The highest BCUT2D eigenvalue weighted by Crippen LogP contribution is 2.31. The SMILES string of the molecule is Cc1ncsc1-c1ccc(CNC(=O)[C@@H]2C[C@@H](O)CN2C(=O)[C@@H](NC(=O)CCCCOc2ccc(Nc3n[nH]c(-c4ccc(NS(=O)(=O)C(F)F)cc4)c3C(N)=O)nc2)C(C)(C)C)cc1. The first kappa shape index (κ1) is 47.9. The van der Waals surface area contributed by atoms with Crippen molar-refractivity contribution >= 4 is 62.3 Å². The lowest BCUT2D eigenvalue weighted by Crippen LogP contribution is -2.57. The molecule has 0 saturated carbocycles. The van der Waals surface area contributed by atoms with E-state index in [0.29, 0.717) is 24.2 Å². The Hall–Kier alpha value is -6.52. The number of rotatable bonds is 19. The number of aryl methyl sites for hydroxylation is 1. The molecule has 3 atom stereocenters. The van der Waals surface area contributed by atoms with E-state index >= 15 is 0 Å². The van der Waals surface area contributed by atoms with Crippen LogP contribution >= 0.6 is 11.3 Å². The molecule has 4 heterocycles. The van der Waals surface area contributed by atoms with Crippen molar-refractivity contribution in [3.63, 3.8) is 0 Å². The molecule has 18 nitrogen and oxygen atoms in total. The Balaban J connectivity index is 0.959. The molecule has 2 aromatic carbocycles. The number of hydrogen-bond acceptors (Lipinski definition) is 13. The molecular formula is C43H50F2N10O8S2. The Labute approximate surface area is 377 Å². The smallest absolute Gasteiger partial charge is 0.355 e. The van der Waals surface area contributed by atoms with Crippen LogP contribution in [0.2, 0.25) is 0 Å². The van der Waals surface area contributed by atoms with E-state index in [-0.39, 0.29) is 67.0 Å². The fourth-order valence-corrected chi connectivity index (χ4v) is 8.41. The molecule has 0 radical (unpaired) electrons. The van der Waals surface area contributed by atoms with Crippen LogP contribution in [0.3, 0.4) is 0 Å². The summed E-state index contributed by atoms with van der Waals surface area (Å²) in [5, 5.41) is 26.1. The van der Waals surface area contributed by atoms with Crippen molar-refractivity contribution in [3.8, 4) is 27.4 Å². The summed E-state index contributed by atoms with van der Waals surface area (Å²) in [6, 6.07) is 14.4. The second-order valence-corrected chi connectivity index (χ2v) is 18.9. The van der Waals surface area contributed by atoms with E-state index < -0.39 is 57.1 Å². The molecule has 65 heavy (non-hydrogen) atoms. The maximum absolute atomic E-state index is 14.0. The van der Waals surface area contributed by atoms with E-state index in [1.54, 1.807) is 33.7 Å². The molecule has 346 valence electrons. The summed E-state index contributed by atoms with van der Waals surface area (Å²) in [7, 11) is -4.87. The Morgan fingerprint density at radius 3 is 2.34 bits per heavy atom. The summed E-state index contributed by atoms with van der Waals surface area (Å²) in [6.07, 6.45) is 1.66. The minimum Gasteiger partial charge on any atom is -0.492 e. The topological polar surface area (TPSA) is 264 Å². The number of unbranched alkanes of at least 4 members (excludes halogenated alkanes) is 1. The van der Waals surface area contributed by atoms with Gasteiger partial charge in [0.25, 0.3) is 15.9 Å². The van der Waals surface area contributed by atoms with Crippen LogP contribution in [0, 0.1) is 12.3 Å². The molecule has 6 rings (SSSR count). The van der Waals surface area contributed by atoms with Gasteiger partial charge in [-0.1, -0.05) is 57.2 Å². The number of benzene rings is 2. The molecular weight excluding hydrogens is 887 g/mol. The fourth-order valence-electron chi connectivity index (χ4n) is 7.05. The van der Waals surface area contributed by atoms with E-state index in [4.69, 9.17) is 10.5 Å². The van der Waals surface area contributed by atoms with Crippen molar-refractivity contribution in [2.45, 2.75) is 83.9 Å². The van der Waals surface area contributed by atoms with Crippen LogP contribution in [0.5, 0.6) is 5.75 Å². The zero-order valence-electron chi connectivity index (χ0n) is 35.9. The summed E-state index contributed by atoms with van der Waals surface area (Å²) < 4.78 is 56.0. The van der Waals surface area contributed by atoms with Crippen molar-refractivity contribution in [2.75, 3.05) is 23.2 Å². The Kier molecular flexibility index (Phi) is 15.2. The number of primary amides is 1. The fraction of sp³-hybridized carbons (Fsp3) is 0.372. The molecule has 4 amide bonds. The van der Waals surface area contributed by atoms with E-state index in [2.05, 4.69) is 36.1 Å². The van der Waals surface area contributed by atoms with Crippen LogP contribution in [-0.4, -0.2) is 99.3 Å². The number of ether oxygens (including phenoxy) is 1. The molecule has 1 aliphatic rings. The molecule has 8 N–H and O–H groups in total. The molecule has 1 aliphatic heterocycles. The first-order valence-corrected chi connectivity index (χ1v) is 22.9. The molecule has 3 aromatic heterocycles. The van der Waals surface area contributed by atoms with Gasteiger partial charge in [0.15, 0.2) is 5.82 Å². The molecule has 22 heteroatoms. The van der Waals surface area contributed by atoms with Gasteiger partial charge in [-0.25, -0.2) is 18.4 Å². The predicted molar refractivity (Wildman–Crippen MR) is 240 cm³/mol. The van der Waals surface area contributed by atoms with Gasteiger partial charge in [0.1, 0.15) is 29.2 Å². The summed E-state index contributed by atoms with van der Waals surface area (Å²) in [6.45, 7) is 7.86. The van der Waals surface area contributed by atoms with Crippen LogP contribution in [0.4, 0.5) is 26.1 Å². The maximum atomic E-state index is 14.0. The van der Waals surface area contributed by atoms with Crippen molar-refractivity contribution in [2.24, 2.45) is 11.1 Å². The monoisotopic (exact) mass is 936 g/mol. The Morgan fingerprint density at radius 1 is 1.02 bits per heavy atom. The molecule has 0 bridgehead atoms. The molecule has 0 unspecified atom stereocenters. The molecule has 5 aromatic rings. The number of aliphatic hydroxyl groups is 1. The number of nitrogens with zero attached hydrogens (tertiary/aromatic N) is 4. The van der Waals surface area contributed by atoms with E-state index in [1.165, 1.54) is 35.4 Å². The number of amides is 4.